The Morgan fingerprint density at radius 3 is 2.30 bits per heavy atom. The van der Waals surface area contributed by atoms with Crippen molar-refractivity contribution in [1.29, 1.82) is 0 Å². The molecule has 1 saturated heterocycles. The molecule has 44 heavy (non-hydrogen) atoms. The van der Waals surface area contributed by atoms with Crippen molar-refractivity contribution in [3.8, 4) is 0 Å². The average molecular weight is 653 g/mol. The van der Waals surface area contributed by atoms with E-state index < -0.39 is 61.5 Å². The molecule has 2 aliphatic heterocycles. The summed E-state index contributed by atoms with van der Waals surface area (Å²) in [7, 11) is -8.49. The Balaban J connectivity index is 1.23. The molecule has 4 amide bonds. The number of rotatable bonds is 14. The molecule has 0 aromatic heterocycles. The molecule has 0 bridgehead atoms. The number of hydrogen-bond donors (Lipinski definition) is 2. The molecule has 16 heteroatoms. The maximum atomic E-state index is 13.2. The molecule has 4 rings (SSSR count). The smallest absolute Gasteiger partial charge is 0.294 e. The van der Waals surface area contributed by atoms with E-state index in [1.165, 1.54) is 24.3 Å². The van der Waals surface area contributed by atoms with Crippen molar-refractivity contribution in [2.45, 2.75) is 48.6 Å². The second-order valence-corrected chi connectivity index (χ2v) is 13.7. The van der Waals surface area contributed by atoms with E-state index in [1.54, 1.807) is 26.0 Å². The molecule has 0 spiro atoms. The molecule has 238 valence electrons. The summed E-state index contributed by atoms with van der Waals surface area (Å²) in [5, 5.41) is 2.09. The first kappa shape index (κ1) is 33.4. The van der Waals surface area contributed by atoms with Crippen molar-refractivity contribution in [2.75, 3.05) is 38.8 Å². The fourth-order valence-corrected chi connectivity index (χ4v) is 7.05. The zero-order valence-electron chi connectivity index (χ0n) is 24.0. The van der Waals surface area contributed by atoms with Crippen LogP contribution in [0.3, 0.4) is 0 Å². The van der Waals surface area contributed by atoms with Crippen LogP contribution < -0.4 is 5.32 Å². The van der Waals surface area contributed by atoms with Crippen LogP contribution in [-0.2, 0) is 43.8 Å². The molecular formula is C28H32N2O12S2. The highest BCUT2D eigenvalue weighted by Crippen LogP contribution is 2.32. The predicted molar refractivity (Wildman–Crippen MR) is 152 cm³/mol. The quantitative estimate of drug-likeness (QED) is 0.168. The van der Waals surface area contributed by atoms with Gasteiger partial charge in [0.2, 0.25) is 11.8 Å². The fraction of sp³-hybridized carbons (Fsp3) is 0.429. The lowest BCUT2D eigenvalue weighted by Gasteiger charge is -2.27. The molecule has 2 unspecified atom stereocenters. The highest BCUT2D eigenvalue weighted by atomic mass is 32.2. The number of amides is 4. The number of ether oxygens (including phenoxy) is 3. The Labute approximate surface area is 254 Å². The summed E-state index contributed by atoms with van der Waals surface area (Å²) in [4.78, 5) is 50.0. The van der Waals surface area contributed by atoms with E-state index in [1.807, 2.05) is 0 Å². The maximum Gasteiger partial charge on any atom is 0.294 e. The van der Waals surface area contributed by atoms with E-state index in [9.17, 15) is 40.6 Å². The van der Waals surface area contributed by atoms with Crippen LogP contribution >= 0.6 is 0 Å². The van der Waals surface area contributed by atoms with Crippen molar-refractivity contribution in [3.63, 3.8) is 0 Å². The van der Waals surface area contributed by atoms with Gasteiger partial charge >= 0.3 is 0 Å². The Morgan fingerprint density at radius 1 is 0.932 bits per heavy atom. The number of benzene rings is 2. The van der Waals surface area contributed by atoms with Crippen LogP contribution in [0.1, 0.15) is 57.7 Å². The van der Waals surface area contributed by atoms with Crippen molar-refractivity contribution in [2.24, 2.45) is 0 Å². The van der Waals surface area contributed by atoms with Crippen LogP contribution in [0.4, 0.5) is 0 Å². The van der Waals surface area contributed by atoms with E-state index in [0.717, 1.165) is 5.56 Å². The lowest BCUT2D eigenvalue weighted by molar-refractivity contribution is -0.136. The molecule has 0 aliphatic carbocycles. The number of piperidine rings is 1. The van der Waals surface area contributed by atoms with Gasteiger partial charge in [-0.1, -0.05) is 23.8 Å². The minimum Gasteiger partial charge on any atom is -0.378 e. The predicted octanol–water partition coefficient (Wildman–Crippen LogP) is 1.23. The lowest BCUT2D eigenvalue weighted by Crippen LogP contribution is -2.54. The Kier molecular flexibility index (Phi) is 10.3. The highest BCUT2D eigenvalue weighted by molar-refractivity contribution is 7.91. The number of imide groups is 2. The zero-order chi connectivity index (χ0) is 32.2. The van der Waals surface area contributed by atoms with Gasteiger partial charge in [-0.25, -0.2) is 8.42 Å². The number of sulfone groups is 1. The minimum atomic E-state index is -4.42. The maximum absolute atomic E-state index is 13.2. The number of aryl methyl sites for hydroxylation is 1. The SMILES string of the molecule is Cc1ccc(S(=O)(=O)O)c(C(C)OCCOCCOCCS(=O)(=O)c2cccc3c2C(=O)N(C2CCC(=O)NC2=O)C3=O)c1. The van der Waals surface area contributed by atoms with Crippen molar-refractivity contribution < 1.29 is 54.8 Å². The lowest BCUT2D eigenvalue weighted by atomic mass is 10.0. The third-order valence-electron chi connectivity index (χ3n) is 7.11. The standard InChI is InChI=1S/C28H32N2O12S2/c1-17-6-8-22(44(37,38)39)20(16-17)18(2)42-13-12-40-10-11-41-14-15-43(35,36)23-5-3-4-19-25(23)28(34)30(27(19)33)21-7-9-24(31)29-26(21)32/h3-6,8,16,18,21H,7,9-15H2,1-2H3,(H,29,31,32)(H,37,38,39). The van der Waals surface area contributed by atoms with Gasteiger partial charge in [0.05, 0.1) is 65.8 Å². The number of nitrogens with zero attached hydrogens (tertiary/aromatic N) is 1. The molecule has 1 fully saturated rings. The molecule has 2 aromatic carbocycles. The second kappa shape index (κ2) is 13.6. The third kappa shape index (κ3) is 7.39. The van der Waals surface area contributed by atoms with Gasteiger partial charge in [-0.15, -0.1) is 0 Å². The Hall–Kier alpha value is -3.54. The topological polar surface area (TPSA) is 200 Å². The summed E-state index contributed by atoms with van der Waals surface area (Å²) >= 11 is 0. The third-order valence-corrected chi connectivity index (χ3v) is 9.75. The summed E-state index contributed by atoms with van der Waals surface area (Å²) in [5.41, 5.74) is 0.664. The molecule has 0 radical (unpaired) electrons. The van der Waals surface area contributed by atoms with Gasteiger partial charge in [-0.3, -0.25) is 33.9 Å². The molecule has 2 heterocycles. The van der Waals surface area contributed by atoms with E-state index >= 15 is 0 Å². The van der Waals surface area contributed by atoms with Crippen LogP contribution in [-0.4, -0.2) is 94.7 Å². The Bertz CT molecular complexity index is 1690. The van der Waals surface area contributed by atoms with Gasteiger partial charge in [0, 0.05) is 12.0 Å². The molecular weight excluding hydrogens is 620 g/mol. The number of hydrogen-bond acceptors (Lipinski definition) is 11. The summed E-state index contributed by atoms with van der Waals surface area (Å²) in [6.45, 7) is 3.59. The summed E-state index contributed by atoms with van der Waals surface area (Å²) < 4.78 is 75.4. The van der Waals surface area contributed by atoms with Crippen LogP contribution in [0.25, 0.3) is 0 Å². The molecule has 2 aliphatic rings. The largest absolute Gasteiger partial charge is 0.378 e. The number of carbonyl (C=O) groups excluding carboxylic acids is 4. The van der Waals surface area contributed by atoms with Crippen molar-refractivity contribution in [3.05, 3.63) is 58.7 Å². The summed E-state index contributed by atoms with van der Waals surface area (Å²) in [6.07, 6.45) is -0.761. The Morgan fingerprint density at radius 2 is 1.61 bits per heavy atom. The number of carbonyl (C=O) groups is 4. The van der Waals surface area contributed by atoms with E-state index in [-0.39, 0.29) is 66.8 Å². The van der Waals surface area contributed by atoms with Gasteiger partial charge in [0.25, 0.3) is 21.9 Å². The van der Waals surface area contributed by atoms with Crippen LogP contribution in [0.15, 0.2) is 46.2 Å². The summed E-state index contributed by atoms with van der Waals surface area (Å²) in [5.74, 6) is -3.53. The van der Waals surface area contributed by atoms with Crippen molar-refractivity contribution >= 4 is 43.6 Å². The van der Waals surface area contributed by atoms with E-state index in [2.05, 4.69) is 5.32 Å². The number of nitrogens with one attached hydrogen (secondary N) is 1. The summed E-state index contributed by atoms with van der Waals surface area (Å²) in [6, 6.07) is 7.14. The van der Waals surface area contributed by atoms with Crippen LogP contribution in [0.2, 0.25) is 0 Å². The van der Waals surface area contributed by atoms with Crippen molar-refractivity contribution in [1.82, 2.24) is 10.2 Å². The molecule has 2 aromatic rings. The molecule has 0 saturated carbocycles. The van der Waals surface area contributed by atoms with Gasteiger partial charge in [0.15, 0.2) is 9.84 Å². The number of fused-ring (bicyclic) bond motifs is 1. The minimum absolute atomic E-state index is 0.0451. The van der Waals surface area contributed by atoms with Crippen LogP contribution in [0.5, 0.6) is 0 Å². The van der Waals surface area contributed by atoms with Gasteiger partial charge in [-0.05, 0) is 38.5 Å². The van der Waals surface area contributed by atoms with Gasteiger partial charge < -0.3 is 14.2 Å². The zero-order valence-corrected chi connectivity index (χ0v) is 25.6. The first-order chi connectivity index (χ1) is 20.7. The molecule has 2 atom stereocenters. The van der Waals surface area contributed by atoms with Gasteiger partial charge in [-0.2, -0.15) is 8.42 Å². The molecule has 2 N–H and O–H groups in total. The normalized spacial score (nSPS) is 18.0. The second-order valence-electron chi connectivity index (χ2n) is 10.2. The first-order valence-corrected chi connectivity index (χ1v) is 16.7. The van der Waals surface area contributed by atoms with E-state index in [4.69, 9.17) is 14.2 Å². The molecule has 14 nitrogen and oxygen atoms in total. The highest BCUT2D eigenvalue weighted by Gasteiger charge is 2.46. The monoisotopic (exact) mass is 652 g/mol. The average Bonchev–Trinajstić information content (AvgIpc) is 3.20. The fourth-order valence-electron chi connectivity index (χ4n) is 4.94. The first-order valence-electron chi connectivity index (χ1n) is 13.6. The van der Waals surface area contributed by atoms with Crippen LogP contribution in [0, 0.1) is 6.92 Å². The van der Waals surface area contributed by atoms with E-state index in [0.29, 0.717) is 10.5 Å². The van der Waals surface area contributed by atoms with Gasteiger partial charge in [0.1, 0.15) is 6.04 Å².